The molecule has 0 radical (unpaired) electrons. The van der Waals surface area contributed by atoms with Crippen molar-refractivity contribution in [2.45, 2.75) is 19.9 Å². The van der Waals surface area contributed by atoms with Gasteiger partial charge in [0.25, 0.3) is 5.91 Å². The van der Waals surface area contributed by atoms with E-state index in [1.165, 1.54) is 0 Å². The molecule has 1 aromatic carbocycles. The van der Waals surface area contributed by atoms with Crippen molar-refractivity contribution >= 4 is 16.8 Å². The lowest BCUT2D eigenvalue weighted by molar-refractivity contribution is 0.0737. The first kappa shape index (κ1) is 15.8. The van der Waals surface area contributed by atoms with Gasteiger partial charge >= 0.3 is 0 Å². The molecule has 2 heterocycles. The van der Waals surface area contributed by atoms with Gasteiger partial charge in [0.05, 0.1) is 36.4 Å². The third-order valence-electron chi connectivity index (χ3n) is 3.78. The van der Waals surface area contributed by atoms with Gasteiger partial charge < -0.3 is 9.32 Å². The molecule has 0 atom stereocenters. The number of benzene rings is 1. The van der Waals surface area contributed by atoms with Crippen LogP contribution in [0.4, 0.5) is 0 Å². The lowest BCUT2D eigenvalue weighted by Gasteiger charge is -2.21. The minimum absolute atomic E-state index is 0.122. The van der Waals surface area contributed by atoms with Gasteiger partial charge in [0.2, 0.25) is 0 Å². The largest absolute Gasteiger partial charge is 0.467 e. The number of pyridine rings is 1. The van der Waals surface area contributed by atoms with Gasteiger partial charge in [-0.25, -0.2) is 0 Å². The van der Waals surface area contributed by atoms with Gasteiger partial charge in [-0.2, -0.15) is 5.26 Å². The van der Waals surface area contributed by atoms with Crippen molar-refractivity contribution in [2.24, 2.45) is 0 Å². The van der Waals surface area contributed by atoms with E-state index in [9.17, 15) is 4.79 Å². The smallest absolute Gasteiger partial charge is 0.255 e. The zero-order chi connectivity index (χ0) is 16.9. The fourth-order valence-electron chi connectivity index (χ4n) is 2.68. The zero-order valence-electron chi connectivity index (χ0n) is 13.4. The molecule has 0 saturated heterocycles. The van der Waals surface area contributed by atoms with E-state index < -0.39 is 0 Å². The second-order valence-electron chi connectivity index (χ2n) is 5.54. The summed E-state index contributed by atoms with van der Waals surface area (Å²) in [5, 5.41) is 9.70. The van der Waals surface area contributed by atoms with E-state index >= 15 is 0 Å². The Morgan fingerprint density at radius 2 is 2.12 bits per heavy atom. The van der Waals surface area contributed by atoms with E-state index in [4.69, 9.17) is 9.68 Å². The van der Waals surface area contributed by atoms with Crippen LogP contribution in [0.1, 0.15) is 28.2 Å². The fraction of sp³-hybridized carbons (Fsp3) is 0.211. The van der Waals surface area contributed by atoms with Crippen LogP contribution in [0.2, 0.25) is 0 Å². The van der Waals surface area contributed by atoms with E-state index in [-0.39, 0.29) is 12.3 Å². The number of hydrogen-bond acceptors (Lipinski definition) is 4. The van der Waals surface area contributed by atoms with Gasteiger partial charge in [-0.3, -0.25) is 9.78 Å². The number of aromatic nitrogens is 1. The maximum absolute atomic E-state index is 13.1. The predicted molar refractivity (Wildman–Crippen MR) is 90.2 cm³/mol. The van der Waals surface area contributed by atoms with Crippen molar-refractivity contribution in [3.63, 3.8) is 0 Å². The summed E-state index contributed by atoms with van der Waals surface area (Å²) in [4.78, 5) is 19.2. The van der Waals surface area contributed by atoms with Crippen molar-refractivity contribution < 1.29 is 9.21 Å². The Hall–Kier alpha value is -3.13. The summed E-state index contributed by atoms with van der Waals surface area (Å²) in [6.07, 6.45) is 1.85. The number of fused-ring (bicyclic) bond motifs is 1. The molecule has 5 nitrogen and oxygen atoms in total. The number of aryl methyl sites for hydroxylation is 1. The molecule has 3 aromatic rings. The number of carbonyl (C=O) groups is 1. The second-order valence-corrected chi connectivity index (χ2v) is 5.54. The van der Waals surface area contributed by atoms with Crippen LogP contribution >= 0.6 is 0 Å². The summed E-state index contributed by atoms with van der Waals surface area (Å²) in [5.74, 6) is 0.569. The quantitative estimate of drug-likeness (QED) is 0.719. The van der Waals surface area contributed by atoms with Crippen molar-refractivity contribution in [3.8, 4) is 6.07 Å². The molecule has 5 heteroatoms. The van der Waals surface area contributed by atoms with E-state index in [0.717, 1.165) is 16.6 Å². The number of hydrogen-bond donors (Lipinski definition) is 0. The number of carbonyl (C=O) groups excluding carboxylic acids is 1. The normalized spacial score (nSPS) is 10.5. The lowest BCUT2D eigenvalue weighted by atomic mass is 10.1. The molecule has 0 aliphatic rings. The lowest BCUT2D eigenvalue weighted by Crippen LogP contribution is -2.31. The van der Waals surface area contributed by atoms with Crippen LogP contribution in [0, 0.1) is 18.3 Å². The van der Waals surface area contributed by atoms with Gasteiger partial charge in [0, 0.05) is 17.6 Å². The Morgan fingerprint density at radius 1 is 1.29 bits per heavy atom. The van der Waals surface area contributed by atoms with Crippen LogP contribution in [0.5, 0.6) is 0 Å². The number of amides is 1. The Labute approximate surface area is 140 Å². The number of para-hydroxylation sites is 1. The maximum atomic E-state index is 13.1. The van der Waals surface area contributed by atoms with Crippen LogP contribution in [0.3, 0.4) is 0 Å². The van der Waals surface area contributed by atoms with Crippen molar-refractivity contribution in [1.29, 1.82) is 5.26 Å². The van der Waals surface area contributed by atoms with Crippen molar-refractivity contribution in [2.75, 3.05) is 6.54 Å². The minimum atomic E-state index is -0.122. The highest BCUT2D eigenvalue weighted by Crippen LogP contribution is 2.21. The summed E-state index contributed by atoms with van der Waals surface area (Å²) in [7, 11) is 0. The summed E-state index contributed by atoms with van der Waals surface area (Å²) in [5.41, 5.74) is 2.18. The molecule has 0 saturated carbocycles. The minimum Gasteiger partial charge on any atom is -0.467 e. The molecule has 0 unspecified atom stereocenters. The average molecular weight is 319 g/mol. The topological polar surface area (TPSA) is 70.1 Å². The van der Waals surface area contributed by atoms with E-state index in [0.29, 0.717) is 24.4 Å². The molecular formula is C19H17N3O2. The number of furan rings is 1. The Kier molecular flexibility index (Phi) is 4.57. The molecule has 120 valence electrons. The fourth-order valence-corrected chi connectivity index (χ4v) is 2.68. The summed E-state index contributed by atoms with van der Waals surface area (Å²) in [6.45, 7) is 2.56. The highest BCUT2D eigenvalue weighted by molar-refractivity contribution is 6.06. The van der Waals surface area contributed by atoms with Gasteiger partial charge in [0.1, 0.15) is 5.76 Å². The van der Waals surface area contributed by atoms with Gasteiger partial charge in [0.15, 0.2) is 0 Å². The van der Waals surface area contributed by atoms with E-state index in [1.54, 1.807) is 23.3 Å². The first-order chi connectivity index (χ1) is 11.7. The Morgan fingerprint density at radius 3 is 2.88 bits per heavy atom. The van der Waals surface area contributed by atoms with Crippen LogP contribution in [-0.2, 0) is 6.54 Å². The standard InChI is InChI=1S/C19H17N3O2/c1-14-12-17(16-7-2-3-8-18(16)21-14)19(23)22(10-5-9-20)13-15-6-4-11-24-15/h2-4,6-8,11-12H,5,10,13H2,1H3. The summed E-state index contributed by atoms with van der Waals surface area (Å²) in [6, 6.07) is 15.1. The maximum Gasteiger partial charge on any atom is 0.255 e. The van der Waals surface area contributed by atoms with Gasteiger partial charge in [-0.1, -0.05) is 18.2 Å². The number of nitrogens with zero attached hydrogens (tertiary/aromatic N) is 3. The Balaban J connectivity index is 1.99. The van der Waals surface area contributed by atoms with Crippen LogP contribution in [-0.4, -0.2) is 22.3 Å². The molecule has 0 bridgehead atoms. The van der Waals surface area contributed by atoms with Gasteiger partial charge in [-0.15, -0.1) is 0 Å². The zero-order valence-corrected chi connectivity index (χ0v) is 13.4. The van der Waals surface area contributed by atoms with E-state index in [1.807, 2.05) is 37.3 Å². The SMILES string of the molecule is Cc1cc(C(=O)N(CCC#N)Cc2ccco2)c2ccccc2n1. The highest BCUT2D eigenvalue weighted by Gasteiger charge is 2.20. The van der Waals surface area contributed by atoms with Crippen LogP contribution in [0.15, 0.2) is 53.1 Å². The van der Waals surface area contributed by atoms with Crippen LogP contribution < -0.4 is 0 Å². The highest BCUT2D eigenvalue weighted by atomic mass is 16.3. The predicted octanol–water partition coefficient (Wildman–Crippen LogP) is 3.69. The van der Waals surface area contributed by atoms with Crippen molar-refractivity contribution in [3.05, 3.63) is 65.7 Å². The Bertz CT molecular complexity index is 895. The second kappa shape index (κ2) is 6.97. The molecule has 0 aliphatic heterocycles. The molecule has 0 spiro atoms. The molecule has 24 heavy (non-hydrogen) atoms. The van der Waals surface area contributed by atoms with Crippen LogP contribution in [0.25, 0.3) is 10.9 Å². The average Bonchev–Trinajstić information content (AvgIpc) is 3.10. The third kappa shape index (κ3) is 3.28. The summed E-state index contributed by atoms with van der Waals surface area (Å²) >= 11 is 0. The molecule has 0 aliphatic carbocycles. The third-order valence-corrected chi connectivity index (χ3v) is 3.78. The van der Waals surface area contributed by atoms with Crippen molar-refractivity contribution in [1.82, 2.24) is 9.88 Å². The monoisotopic (exact) mass is 319 g/mol. The molecule has 3 rings (SSSR count). The first-order valence-corrected chi connectivity index (χ1v) is 7.74. The molecule has 1 amide bonds. The summed E-state index contributed by atoms with van der Waals surface area (Å²) < 4.78 is 5.35. The van der Waals surface area contributed by atoms with E-state index in [2.05, 4.69) is 11.1 Å². The molecule has 0 fully saturated rings. The number of rotatable bonds is 5. The first-order valence-electron chi connectivity index (χ1n) is 7.74. The molecular weight excluding hydrogens is 302 g/mol. The molecule has 2 aromatic heterocycles. The molecule has 0 N–H and O–H groups in total. The van der Waals surface area contributed by atoms with Gasteiger partial charge in [-0.05, 0) is 31.2 Å². The number of nitriles is 1.